The predicted molar refractivity (Wildman–Crippen MR) is 200 cm³/mol. The van der Waals surface area contributed by atoms with Gasteiger partial charge in [-0.25, -0.2) is 4.98 Å². The van der Waals surface area contributed by atoms with Gasteiger partial charge in [0.25, 0.3) is 0 Å². The smallest absolute Gasteiger partial charge is 0.146 e. The highest BCUT2D eigenvalue weighted by Crippen LogP contribution is 2.54. The van der Waals surface area contributed by atoms with Gasteiger partial charge in [0.1, 0.15) is 5.65 Å². The summed E-state index contributed by atoms with van der Waals surface area (Å²) < 4.78 is 2.36. The molecule has 1 aliphatic carbocycles. The van der Waals surface area contributed by atoms with Crippen LogP contribution in [0.25, 0.3) is 60.3 Å². The van der Waals surface area contributed by atoms with Crippen molar-refractivity contribution in [3.05, 3.63) is 161 Å². The first kappa shape index (κ1) is 26.4. The highest BCUT2D eigenvalue weighted by Gasteiger charge is 2.39. The molecule has 0 fully saturated rings. The van der Waals surface area contributed by atoms with Crippen LogP contribution in [0.1, 0.15) is 47.6 Å². The van der Waals surface area contributed by atoms with Gasteiger partial charge in [-0.2, -0.15) is 0 Å². The molecule has 3 heteroatoms. The van der Waals surface area contributed by atoms with Crippen LogP contribution >= 0.6 is 0 Å². The Balaban J connectivity index is 1.10. The summed E-state index contributed by atoms with van der Waals surface area (Å²) in [4.78, 5) is 7.83. The summed E-state index contributed by atoms with van der Waals surface area (Å²) in [5, 5.41) is 6.37. The van der Waals surface area contributed by atoms with Crippen molar-refractivity contribution < 1.29 is 0 Å². The number of pyridine rings is 1. The minimum atomic E-state index is 0.383. The zero-order valence-electron chi connectivity index (χ0n) is 26.9. The molecule has 1 atom stereocenters. The lowest BCUT2D eigenvalue weighted by Gasteiger charge is -2.37. The molecule has 48 heavy (non-hydrogen) atoms. The molecule has 0 radical (unpaired) electrons. The average molecular weight is 616 g/mol. The molecule has 0 bridgehead atoms. The fraction of sp³-hybridized carbons (Fsp3) is 0.133. The summed E-state index contributed by atoms with van der Waals surface area (Å²) in [6.45, 7) is 2.18. The van der Waals surface area contributed by atoms with E-state index in [1.807, 2.05) is 0 Å². The number of benzene rings is 6. The van der Waals surface area contributed by atoms with Gasteiger partial charge in [-0.05, 0) is 113 Å². The van der Waals surface area contributed by atoms with Crippen molar-refractivity contribution in [2.24, 2.45) is 0 Å². The normalized spacial score (nSPS) is 16.7. The molecule has 0 amide bonds. The number of anilines is 1. The number of nitrogens with zero attached hydrogens (tertiary/aromatic N) is 3. The second-order valence-corrected chi connectivity index (χ2v) is 13.9. The number of aryl methyl sites for hydroxylation is 1. The zero-order valence-corrected chi connectivity index (χ0v) is 26.9. The van der Waals surface area contributed by atoms with E-state index in [2.05, 4.69) is 144 Å². The monoisotopic (exact) mass is 615 g/mol. The molecule has 2 aliphatic heterocycles. The van der Waals surface area contributed by atoms with Gasteiger partial charge in [0.2, 0.25) is 0 Å². The molecule has 6 aromatic carbocycles. The van der Waals surface area contributed by atoms with Crippen molar-refractivity contribution in [1.82, 2.24) is 9.38 Å². The SMILES string of the molecule is Cc1ccc2c3c4cccc(Cc5ccc6c(c5)N5C7=C(CCC=C7)C[C@@H]5c5ccccc5-6)c4ccc3c3nc4ccccc4n3c2c1. The molecule has 0 saturated carbocycles. The number of para-hydroxylation sites is 2. The third-order valence-corrected chi connectivity index (χ3v) is 11.2. The Morgan fingerprint density at radius 3 is 2.58 bits per heavy atom. The topological polar surface area (TPSA) is 20.5 Å². The van der Waals surface area contributed by atoms with E-state index in [0.717, 1.165) is 35.9 Å². The summed E-state index contributed by atoms with van der Waals surface area (Å²) in [6.07, 6.45) is 9.08. The lowest BCUT2D eigenvalue weighted by Crippen LogP contribution is -2.27. The zero-order chi connectivity index (χ0) is 31.5. The van der Waals surface area contributed by atoms with Crippen LogP contribution in [0.5, 0.6) is 0 Å². The van der Waals surface area contributed by atoms with Gasteiger partial charge in [-0.15, -0.1) is 0 Å². The highest BCUT2D eigenvalue weighted by atomic mass is 15.2. The number of imidazole rings is 1. The Labute approximate surface area is 279 Å². The van der Waals surface area contributed by atoms with Crippen LogP contribution in [0.4, 0.5) is 5.69 Å². The first-order chi connectivity index (χ1) is 23.7. The second-order valence-electron chi connectivity index (χ2n) is 13.9. The molecule has 0 spiro atoms. The van der Waals surface area contributed by atoms with Crippen molar-refractivity contribution in [2.45, 2.75) is 38.6 Å². The van der Waals surface area contributed by atoms with Crippen LogP contribution in [0, 0.1) is 6.92 Å². The lowest BCUT2D eigenvalue weighted by molar-refractivity contribution is 0.711. The van der Waals surface area contributed by atoms with E-state index in [1.165, 1.54) is 83.6 Å². The van der Waals surface area contributed by atoms with E-state index in [4.69, 9.17) is 4.98 Å². The number of allylic oxidation sites excluding steroid dienone is 2. The van der Waals surface area contributed by atoms with Crippen LogP contribution in [0.3, 0.4) is 0 Å². The fourth-order valence-corrected chi connectivity index (χ4v) is 9.10. The summed E-state index contributed by atoms with van der Waals surface area (Å²) in [5.41, 5.74) is 17.0. The lowest BCUT2D eigenvalue weighted by atomic mass is 9.86. The molecular weight excluding hydrogens is 583 g/mol. The van der Waals surface area contributed by atoms with Crippen LogP contribution in [-0.4, -0.2) is 9.38 Å². The van der Waals surface area contributed by atoms with Gasteiger partial charge in [0.15, 0.2) is 0 Å². The van der Waals surface area contributed by atoms with Crippen LogP contribution in [0.2, 0.25) is 0 Å². The van der Waals surface area contributed by atoms with E-state index in [0.29, 0.717) is 6.04 Å². The molecule has 3 aliphatic rings. The largest absolute Gasteiger partial charge is 0.333 e. The van der Waals surface area contributed by atoms with Crippen molar-refractivity contribution in [3.8, 4) is 11.1 Å². The maximum absolute atomic E-state index is 5.18. The standard InChI is InChI=1S/C45H33N3/c1-27-17-19-36-41(23-27)48-40-16-7-5-14-38(40)46-45(48)37-22-21-31-29(10-8-13-35(31)44(36)37)24-28-18-20-34-32-11-3-4-12-33(32)43-26-30-9-2-6-15-39(30)47(43)42(34)25-28/h3-8,10-23,25,43H,2,9,24,26H2,1H3/t43-/m1/s1. The molecular formula is C45H33N3. The molecule has 4 heterocycles. The number of aromatic nitrogens is 2. The predicted octanol–water partition coefficient (Wildman–Crippen LogP) is 11.4. The Kier molecular flexibility index (Phi) is 5.33. The van der Waals surface area contributed by atoms with Crippen molar-refractivity contribution in [2.75, 3.05) is 4.90 Å². The van der Waals surface area contributed by atoms with Crippen molar-refractivity contribution in [1.29, 1.82) is 0 Å². The molecule has 8 aromatic rings. The average Bonchev–Trinajstić information content (AvgIpc) is 3.72. The molecule has 0 unspecified atom stereocenters. The third-order valence-electron chi connectivity index (χ3n) is 11.2. The number of fused-ring (bicyclic) bond motifs is 17. The van der Waals surface area contributed by atoms with Crippen LogP contribution in [-0.2, 0) is 6.42 Å². The summed E-state index contributed by atoms with van der Waals surface area (Å²) in [6, 6.07) is 43.6. The Morgan fingerprint density at radius 2 is 1.60 bits per heavy atom. The van der Waals surface area contributed by atoms with Gasteiger partial charge in [-0.3, -0.25) is 4.40 Å². The minimum absolute atomic E-state index is 0.383. The van der Waals surface area contributed by atoms with E-state index in [-0.39, 0.29) is 0 Å². The number of hydrogen-bond donors (Lipinski definition) is 0. The van der Waals surface area contributed by atoms with Gasteiger partial charge < -0.3 is 4.90 Å². The minimum Gasteiger partial charge on any atom is -0.333 e. The number of hydrogen-bond acceptors (Lipinski definition) is 2. The van der Waals surface area contributed by atoms with Gasteiger partial charge >= 0.3 is 0 Å². The maximum Gasteiger partial charge on any atom is 0.146 e. The fourth-order valence-electron chi connectivity index (χ4n) is 9.10. The van der Waals surface area contributed by atoms with E-state index < -0.39 is 0 Å². The van der Waals surface area contributed by atoms with E-state index in [9.17, 15) is 0 Å². The first-order valence-corrected chi connectivity index (χ1v) is 17.3. The van der Waals surface area contributed by atoms with Gasteiger partial charge in [0, 0.05) is 33.1 Å². The number of rotatable bonds is 2. The third kappa shape index (κ3) is 3.56. The van der Waals surface area contributed by atoms with E-state index in [1.54, 1.807) is 5.57 Å². The van der Waals surface area contributed by atoms with Crippen molar-refractivity contribution >= 4 is 54.8 Å². The summed E-state index contributed by atoms with van der Waals surface area (Å²) in [7, 11) is 0. The molecule has 0 saturated heterocycles. The summed E-state index contributed by atoms with van der Waals surface area (Å²) >= 11 is 0. The Morgan fingerprint density at radius 1 is 0.729 bits per heavy atom. The van der Waals surface area contributed by atoms with Crippen molar-refractivity contribution in [3.63, 3.8) is 0 Å². The Hall–Kier alpha value is -5.67. The second kappa shape index (κ2) is 9.68. The van der Waals surface area contributed by atoms with Crippen LogP contribution in [0.15, 0.2) is 139 Å². The van der Waals surface area contributed by atoms with Crippen LogP contribution < -0.4 is 4.90 Å². The maximum atomic E-state index is 5.18. The Bertz CT molecular complexity index is 2760. The van der Waals surface area contributed by atoms with Gasteiger partial charge in [0.05, 0.1) is 22.6 Å². The molecule has 2 aromatic heterocycles. The highest BCUT2D eigenvalue weighted by molar-refractivity contribution is 6.24. The van der Waals surface area contributed by atoms with E-state index >= 15 is 0 Å². The first-order valence-electron chi connectivity index (χ1n) is 17.3. The molecule has 11 rings (SSSR count). The molecule has 0 N–H and O–H groups in total. The van der Waals surface area contributed by atoms with Gasteiger partial charge in [-0.1, -0.05) is 91.0 Å². The molecule has 3 nitrogen and oxygen atoms in total. The summed E-state index contributed by atoms with van der Waals surface area (Å²) in [5.74, 6) is 0. The molecule has 228 valence electrons. The quantitative estimate of drug-likeness (QED) is 0.180.